The van der Waals surface area contributed by atoms with Gasteiger partial charge < -0.3 is 39.7 Å². The molecule has 0 aliphatic rings. The number of benzene rings is 2. The van der Waals surface area contributed by atoms with E-state index in [0.717, 1.165) is 23.8 Å². The molecule has 0 radical (unpaired) electrons. The molecule has 260 valence electrons. The van der Waals surface area contributed by atoms with Crippen LogP contribution in [0.5, 0.6) is 0 Å². The van der Waals surface area contributed by atoms with Crippen LogP contribution >= 0.6 is 16.3 Å². The summed E-state index contributed by atoms with van der Waals surface area (Å²) in [6.45, 7) is 8.59. The van der Waals surface area contributed by atoms with E-state index in [4.69, 9.17) is 9.47 Å². The maximum atomic E-state index is 14.2. The van der Waals surface area contributed by atoms with Crippen LogP contribution in [0.2, 0.25) is 0 Å². The SMILES string of the molecule is CC(C)(CNC(=O)CC(Cc1cc(F)ccc1F)NC(=O)OBr)CNC(=O)[C@@H](O)[C@@H](COCc1ccccc1)NC(=O)OC(C)(C)C. The number of alkyl carbamates (subject to hydrolysis) is 1. The van der Waals surface area contributed by atoms with Crippen LogP contribution in [0.4, 0.5) is 18.4 Å². The molecule has 5 N–H and O–H groups in total. The fourth-order valence-corrected chi connectivity index (χ4v) is 4.28. The highest BCUT2D eigenvalue weighted by Gasteiger charge is 2.31. The topological polar surface area (TPSA) is 164 Å². The number of ether oxygens (including phenoxy) is 2. The second kappa shape index (κ2) is 18.5. The first-order valence-corrected chi connectivity index (χ1v) is 15.5. The molecule has 47 heavy (non-hydrogen) atoms. The van der Waals surface area contributed by atoms with Crippen molar-refractivity contribution in [3.63, 3.8) is 0 Å². The van der Waals surface area contributed by atoms with Crippen LogP contribution in [0.1, 0.15) is 52.2 Å². The molecule has 0 saturated heterocycles. The van der Waals surface area contributed by atoms with Gasteiger partial charge >= 0.3 is 12.2 Å². The van der Waals surface area contributed by atoms with Gasteiger partial charge in [-0.1, -0.05) is 44.2 Å². The number of nitrogens with one attached hydrogen (secondary N) is 4. The van der Waals surface area contributed by atoms with Gasteiger partial charge in [0, 0.05) is 25.6 Å². The minimum absolute atomic E-state index is 0.0132. The Morgan fingerprint density at radius 2 is 1.57 bits per heavy atom. The summed E-state index contributed by atoms with van der Waals surface area (Å²) in [5.41, 5.74) is -0.721. The van der Waals surface area contributed by atoms with Crippen molar-refractivity contribution in [1.82, 2.24) is 21.3 Å². The zero-order valence-electron chi connectivity index (χ0n) is 27.0. The fourth-order valence-electron chi connectivity index (χ4n) is 4.19. The summed E-state index contributed by atoms with van der Waals surface area (Å²) in [5, 5.41) is 21.1. The molecule has 0 heterocycles. The molecular formula is C32H43BrF2N4O8. The Balaban J connectivity index is 1.96. The Kier molecular flexibility index (Phi) is 15.5. The zero-order valence-corrected chi connectivity index (χ0v) is 28.6. The van der Waals surface area contributed by atoms with Crippen molar-refractivity contribution in [3.05, 3.63) is 71.3 Å². The average Bonchev–Trinajstić information content (AvgIpc) is 2.99. The smallest absolute Gasteiger partial charge is 0.419 e. The van der Waals surface area contributed by atoms with Crippen molar-refractivity contribution in [1.29, 1.82) is 0 Å². The Morgan fingerprint density at radius 3 is 2.21 bits per heavy atom. The van der Waals surface area contributed by atoms with Crippen molar-refractivity contribution >= 4 is 40.3 Å². The third-order valence-corrected chi connectivity index (χ3v) is 6.86. The summed E-state index contributed by atoms with van der Waals surface area (Å²) in [6, 6.07) is 10.0. The Labute approximate surface area is 281 Å². The summed E-state index contributed by atoms with van der Waals surface area (Å²) in [7, 11) is 0. The maximum Gasteiger partial charge on any atom is 0.419 e. The first-order valence-electron chi connectivity index (χ1n) is 14.8. The summed E-state index contributed by atoms with van der Waals surface area (Å²) in [4.78, 5) is 50.0. The molecule has 3 atom stereocenters. The number of hydrogen-bond acceptors (Lipinski definition) is 8. The van der Waals surface area contributed by atoms with Gasteiger partial charge in [-0.05, 0) is 61.9 Å². The van der Waals surface area contributed by atoms with E-state index >= 15 is 0 Å². The van der Waals surface area contributed by atoms with E-state index in [1.54, 1.807) is 34.6 Å². The van der Waals surface area contributed by atoms with E-state index in [9.17, 15) is 33.1 Å². The monoisotopic (exact) mass is 728 g/mol. The molecule has 0 aliphatic carbocycles. The summed E-state index contributed by atoms with van der Waals surface area (Å²) in [6.07, 6.45) is -3.94. The lowest BCUT2D eigenvalue weighted by Crippen LogP contribution is -2.55. The highest BCUT2D eigenvalue weighted by Crippen LogP contribution is 2.16. The molecular weight excluding hydrogens is 686 g/mol. The van der Waals surface area contributed by atoms with Crippen molar-refractivity contribution in [2.75, 3.05) is 19.7 Å². The van der Waals surface area contributed by atoms with E-state index in [1.165, 1.54) is 0 Å². The number of halogens is 3. The van der Waals surface area contributed by atoms with Gasteiger partial charge in [-0.2, -0.15) is 0 Å². The highest BCUT2D eigenvalue weighted by atomic mass is 79.9. The van der Waals surface area contributed by atoms with Gasteiger partial charge in [-0.15, -0.1) is 0 Å². The summed E-state index contributed by atoms with van der Waals surface area (Å²) in [5.74, 6) is -2.67. The predicted octanol–water partition coefficient (Wildman–Crippen LogP) is 4.03. The Bertz CT molecular complexity index is 1340. The number of rotatable bonds is 16. The lowest BCUT2D eigenvalue weighted by molar-refractivity contribution is -0.132. The van der Waals surface area contributed by atoms with Crippen molar-refractivity contribution in [3.8, 4) is 0 Å². The summed E-state index contributed by atoms with van der Waals surface area (Å²) >= 11 is 2.54. The van der Waals surface area contributed by atoms with E-state index in [0.29, 0.717) is 0 Å². The molecule has 15 heteroatoms. The molecule has 0 saturated carbocycles. The highest BCUT2D eigenvalue weighted by molar-refractivity contribution is 9.06. The van der Waals surface area contributed by atoms with Crippen LogP contribution in [0.15, 0.2) is 48.5 Å². The Hall–Kier alpha value is -3.82. The van der Waals surface area contributed by atoms with Crippen LogP contribution < -0.4 is 21.3 Å². The average molecular weight is 730 g/mol. The van der Waals surface area contributed by atoms with Gasteiger partial charge in [0.05, 0.1) is 19.3 Å². The first-order chi connectivity index (χ1) is 22.0. The first kappa shape index (κ1) is 39.4. The van der Waals surface area contributed by atoms with Gasteiger partial charge in [0.15, 0.2) is 22.4 Å². The fraction of sp³-hybridized carbons (Fsp3) is 0.500. The van der Waals surface area contributed by atoms with E-state index in [1.807, 2.05) is 30.3 Å². The third-order valence-electron chi connectivity index (χ3n) is 6.56. The molecule has 0 aromatic heterocycles. The molecule has 2 aromatic rings. The van der Waals surface area contributed by atoms with Crippen molar-refractivity contribution < 1.29 is 46.4 Å². The molecule has 0 fully saturated rings. The predicted molar refractivity (Wildman–Crippen MR) is 172 cm³/mol. The molecule has 4 amide bonds. The second-order valence-corrected chi connectivity index (χ2v) is 13.0. The van der Waals surface area contributed by atoms with Gasteiger partial charge in [0.1, 0.15) is 17.2 Å². The zero-order chi connectivity index (χ0) is 35.2. The normalized spacial score (nSPS) is 13.5. The molecule has 0 bridgehead atoms. The second-order valence-electron chi connectivity index (χ2n) is 12.7. The number of aliphatic hydroxyl groups is 1. The van der Waals surface area contributed by atoms with Crippen molar-refractivity contribution in [2.45, 2.75) is 77.9 Å². The molecule has 1 unspecified atom stereocenters. The minimum atomic E-state index is -1.70. The number of hydrogen-bond donors (Lipinski definition) is 5. The van der Waals surface area contributed by atoms with E-state index in [-0.39, 0.29) is 44.7 Å². The molecule has 12 nitrogen and oxygen atoms in total. The lowest BCUT2D eigenvalue weighted by Gasteiger charge is -2.29. The van der Waals surface area contributed by atoms with Crippen molar-refractivity contribution in [2.24, 2.45) is 5.41 Å². The summed E-state index contributed by atoms with van der Waals surface area (Å²) < 4.78 is 43.2. The van der Waals surface area contributed by atoms with E-state index in [2.05, 4.69) is 41.4 Å². The number of carbonyl (C=O) groups is 4. The van der Waals surface area contributed by atoms with Gasteiger partial charge in [-0.3, -0.25) is 9.59 Å². The van der Waals surface area contributed by atoms with E-state index < -0.39 is 64.8 Å². The van der Waals surface area contributed by atoms with Gasteiger partial charge in [0.2, 0.25) is 5.91 Å². The molecule has 0 spiro atoms. The quantitative estimate of drug-likeness (QED) is 0.173. The molecule has 0 aliphatic heterocycles. The third kappa shape index (κ3) is 15.5. The standard InChI is InChI=1S/C32H43BrF2N4O8/c1-31(2,3)46-29(43)39-25(17-45-16-20-9-7-6-8-10-20)27(41)28(42)37-19-32(4,5)18-36-26(40)15-23(38-30(44)47-33)14-21-13-22(34)11-12-24(21)35/h6-13,23,25,27,41H,14-19H2,1-5H3,(H,36,40)(H,37,42)(H,38,44)(H,39,43)/t23?,25-,27+/m1/s1. The lowest BCUT2D eigenvalue weighted by atomic mass is 9.93. The Morgan fingerprint density at radius 1 is 0.915 bits per heavy atom. The molecule has 2 aromatic carbocycles. The van der Waals surface area contributed by atoms with Crippen LogP contribution in [-0.2, 0) is 35.9 Å². The van der Waals surface area contributed by atoms with Crippen LogP contribution in [0, 0.1) is 17.0 Å². The number of aliphatic hydroxyl groups excluding tert-OH is 1. The van der Waals surface area contributed by atoms with Crippen LogP contribution in [0.25, 0.3) is 0 Å². The van der Waals surface area contributed by atoms with Crippen LogP contribution in [0.3, 0.4) is 0 Å². The van der Waals surface area contributed by atoms with Crippen LogP contribution in [-0.4, -0.2) is 72.6 Å². The number of amides is 4. The maximum absolute atomic E-state index is 14.2. The number of carbonyl (C=O) groups excluding carboxylic acids is 4. The largest absolute Gasteiger partial charge is 0.444 e. The minimum Gasteiger partial charge on any atom is -0.444 e. The van der Waals surface area contributed by atoms with Gasteiger partial charge in [0.25, 0.3) is 5.91 Å². The van der Waals surface area contributed by atoms with Gasteiger partial charge in [-0.25, -0.2) is 18.4 Å². The molecule has 2 rings (SSSR count).